The molecule has 0 saturated carbocycles. The zero-order valence-corrected chi connectivity index (χ0v) is 22.1. The maximum Gasteiger partial charge on any atom is 0.402 e. The lowest BCUT2D eigenvalue weighted by atomic mass is 9.99. The van der Waals surface area contributed by atoms with Crippen LogP contribution in [-0.2, 0) is 9.47 Å². The average Bonchev–Trinajstić information content (AvgIpc) is 2.98. The first-order chi connectivity index (χ1) is 20.4. The normalized spacial score (nSPS) is 32.9. The molecule has 43 heavy (non-hydrogen) atoms. The third-order valence-corrected chi connectivity index (χ3v) is 7.22. The van der Waals surface area contributed by atoms with Gasteiger partial charge in [0, 0.05) is 18.2 Å². The molecule has 0 amide bonds. The largest absolute Gasteiger partial charge is 0.507 e. The lowest BCUT2D eigenvalue weighted by molar-refractivity contribution is -0.277. The molecule has 2 aliphatic rings. The van der Waals surface area contributed by atoms with Crippen molar-refractivity contribution in [2.75, 3.05) is 13.2 Å². The second kappa shape index (κ2) is 12.2. The molecule has 16 nitrogen and oxygen atoms in total. The molecule has 2 saturated heterocycles. The van der Waals surface area contributed by atoms with Gasteiger partial charge in [0.15, 0.2) is 11.5 Å². The number of fused-ring (bicyclic) bond motifs is 1. The van der Waals surface area contributed by atoms with Crippen molar-refractivity contribution in [3.63, 3.8) is 0 Å². The molecule has 0 unspecified atom stereocenters. The summed E-state index contributed by atoms with van der Waals surface area (Å²) in [7, 11) is 0. The Morgan fingerprint density at radius 1 is 0.628 bits per heavy atom. The fraction of sp³-hybridized carbons (Fsp3) is 0.444. The predicted octanol–water partition coefficient (Wildman–Crippen LogP) is -2.14. The zero-order valence-electron chi connectivity index (χ0n) is 22.1. The molecule has 0 aliphatic carbocycles. The number of hydrogen-bond donors (Lipinski definition) is 11. The zero-order chi connectivity index (χ0) is 31.2. The number of aliphatic hydroxyl groups is 8. The number of rotatable bonds is 7. The van der Waals surface area contributed by atoms with Gasteiger partial charge in [-0.05, 0) is 12.1 Å². The standard InChI is InChI=1S/C27H30O16/c28-7-17-19(33)21(35)23(37)26(42-17)40-14-2-1-9(3-13(14)32)25-16(6-11-12(31)4-10(30)5-15(11)39-25)41-27-24(38)22(36)20(34)18(8-29)43-27/h1-6,17-24,26-29,33-38H,7-8H2,(H2-,30,31,32)/p+1/t17-,18-,19-,20-,21+,22+,23-,24-,26-,27-/m1/s1. The van der Waals surface area contributed by atoms with Crippen LogP contribution in [0.25, 0.3) is 22.3 Å². The maximum absolute atomic E-state index is 10.8. The van der Waals surface area contributed by atoms with Crippen molar-refractivity contribution < 1.29 is 79.5 Å². The first-order valence-electron chi connectivity index (χ1n) is 13.0. The van der Waals surface area contributed by atoms with E-state index in [1.165, 1.54) is 24.3 Å². The number of hydrogen-bond acceptors (Lipinski definition) is 15. The Balaban J connectivity index is 1.51. The Morgan fingerprint density at radius 3 is 1.72 bits per heavy atom. The Morgan fingerprint density at radius 2 is 1.19 bits per heavy atom. The molecule has 16 heteroatoms. The fourth-order valence-corrected chi connectivity index (χ4v) is 4.81. The Hall–Kier alpha value is -3.55. The molecule has 10 atom stereocenters. The van der Waals surface area contributed by atoms with Gasteiger partial charge in [0.05, 0.1) is 24.8 Å². The SMILES string of the molecule is OC[C@H]1O[C@@H](Oc2ccc(-c3[o+]c4cc(O)cc(O)c4cc3O[C@@H]3O[C@H](CO)[C@@H](O)[C@H](O)[C@H]3O)cc2O)[C@H](O)[C@@H](O)[C@@H]1O. The van der Waals surface area contributed by atoms with Gasteiger partial charge < -0.3 is 75.1 Å². The molecule has 0 bridgehead atoms. The summed E-state index contributed by atoms with van der Waals surface area (Å²) < 4.78 is 27.9. The number of phenols is 3. The quantitative estimate of drug-likeness (QED) is 0.127. The van der Waals surface area contributed by atoms with Crippen LogP contribution >= 0.6 is 0 Å². The summed E-state index contributed by atoms with van der Waals surface area (Å²) in [4.78, 5) is 0. The number of aliphatic hydroxyl groups excluding tert-OH is 8. The third kappa shape index (κ3) is 5.85. The summed E-state index contributed by atoms with van der Waals surface area (Å²) in [6, 6.07) is 7.20. The van der Waals surface area contributed by atoms with E-state index in [1.807, 2.05) is 0 Å². The predicted molar refractivity (Wildman–Crippen MR) is 140 cm³/mol. The van der Waals surface area contributed by atoms with E-state index < -0.39 is 86.1 Å². The maximum atomic E-state index is 10.8. The van der Waals surface area contributed by atoms with Crippen molar-refractivity contribution in [1.29, 1.82) is 0 Å². The smallest absolute Gasteiger partial charge is 0.402 e. The van der Waals surface area contributed by atoms with Crippen LogP contribution in [0.15, 0.2) is 40.8 Å². The Bertz CT molecular complexity index is 1450. The number of phenolic OH excluding ortho intramolecular Hbond substituents is 3. The highest BCUT2D eigenvalue weighted by Crippen LogP contribution is 2.42. The van der Waals surface area contributed by atoms with Gasteiger partial charge in [-0.25, -0.2) is 4.42 Å². The summed E-state index contributed by atoms with van der Waals surface area (Å²) in [6.45, 7) is -1.41. The van der Waals surface area contributed by atoms with Crippen molar-refractivity contribution in [1.82, 2.24) is 0 Å². The van der Waals surface area contributed by atoms with Gasteiger partial charge in [-0.3, -0.25) is 0 Å². The molecule has 3 heterocycles. The number of aromatic hydroxyl groups is 3. The van der Waals surface area contributed by atoms with Gasteiger partial charge in [-0.15, -0.1) is 0 Å². The van der Waals surface area contributed by atoms with E-state index in [9.17, 15) is 56.2 Å². The molecule has 2 fully saturated rings. The first kappa shape index (κ1) is 30.9. The van der Waals surface area contributed by atoms with E-state index in [0.717, 1.165) is 12.1 Å². The summed E-state index contributed by atoms with van der Waals surface area (Å²) in [6.07, 6.45) is -16.1. The van der Waals surface area contributed by atoms with Crippen molar-refractivity contribution >= 4 is 11.0 Å². The topological polar surface area (TPSA) is 271 Å². The van der Waals surface area contributed by atoms with E-state index in [2.05, 4.69) is 0 Å². The van der Waals surface area contributed by atoms with E-state index in [4.69, 9.17) is 23.4 Å². The first-order valence-corrected chi connectivity index (χ1v) is 13.0. The molecule has 2 aliphatic heterocycles. The molecule has 234 valence electrons. The van der Waals surface area contributed by atoms with Gasteiger partial charge in [0.2, 0.25) is 18.3 Å². The summed E-state index contributed by atoms with van der Waals surface area (Å²) >= 11 is 0. The third-order valence-electron chi connectivity index (χ3n) is 7.22. The Labute approximate surface area is 242 Å². The van der Waals surface area contributed by atoms with Gasteiger partial charge >= 0.3 is 11.3 Å². The highest BCUT2D eigenvalue weighted by Gasteiger charge is 2.46. The van der Waals surface area contributed by atoms with Crippen molar-refractivity contribution in [3.05, 3.63) is 36.4 Å². The monoisotopic (exact) mass is 611 g/mol. The van der Waals surface area contributed by atoms with Crippen LogP contribution < -0.4 is 9.47 Å². The number of benzene rings is 2. The van der Waals surface area contributed by atoms with Crippen LogP contribution in [0.5, 0.6) is 28.7 Å². The van der Waals surface area contributed by atoms with Crippen molar-refractivity contribution in [2.24, 2.45) is 0 Å². The minimum absolute atomic E-state index is 0.0326. The van der Waals surface area contributed by atoms with E-state index >= 15 is 0 Å². The number of ether oxygens (including phenoxy) is 4. The molecular formula is C27H31O16+. The minimum atomic E-state index is -1.79. The van der Waals surface area contributed by atoms with Gasteiger partial charge in [0.1, 0.15) is 65.7 Å². The minimum Gasteiger partial charge on any atom is -0.507 e. The van der Waals surface area contributed by atoms with Crippen LogP contribution in [0.1, 0.15) is 0 Å². The van der Waals surface area contributed by atoms with Gasteiger partial charge in [0.25, 0.3) is 0 Å². The molecule has 2 aromatic carbocycles. The molecular weight excluding hydrogens is 580 g/mol. The second-order valence-electron chi connectivity index (χ2n) is 10.1. The second-order valence-corrected chi connectivity index (χ2v) is 10.1. The van der Waals surface area contributed by atoms with Gasteiger partial charge in [-0.2, -0.15) is 0 Å². The summed E-state index contributed by atoms with van der Waals surface area (Å²) in [5.74, 6) is -1.89. The summed E-state index contributed by atoms with van der Waals surface area (Å²) in [5.41, 5.74) is 0.0674. The molecule has 0 spiro atoms. The molecule has 3 aromatic rings. The highest BCUT2D eigenvalue weighted by atomic mass is 16.7. The molecule has 1 aromatic heterocycles. The average molecular weight is 612 g/mol. The van der Waals surface area contributed by atoms with E-state index in [0.29, 0.717) is 0 Å². The van der Waals surface area contributed by atoms with Crippen molar-refractivity contribution in [2.45, 2.75) is 61.4 Å². The highest BCUT2D eigenvalue weighted by molar-refractivity contribution is 5.88. The van der Waals surface area contributed by atoms with E-state index in [1.54, 1.807) is 0 Å². The van der Waals surface area contributed by atoms with Crippen LogP contribution in [0.4, 0.5) is 0 Å². The fourth-order valence-electron chi connectivity index (χ4n) is 4.81. The van der Waals surface area contributed by atoms with Crippen LogP contribution in [0, 0.1) is 0 Å². The van der Waals surface area contributed by atoms with E-state index in [-0.39, 0.29) is 39.5 Å². The van der Waals surface area contributed by atoms with Crippen LogP contribution in [0.3, 0.4) is 0 Å². The van der Waals surface area contributed by atoms with Crippen LogP contribution in [0.2, 0.25) is 0 Å². The van der Waals surface area contributed by atoms with Gasteiger partial charge in [-0.1, -0.05) is 0 Å². The Kier molecular flexibility index (Phi) is 8.77. The van der Waals surface area contributed by atoms with Crippen LogP contribution in [-0.4, -0.2) is 131 Å². The molecule has 11 N–H and O–H groups in total. The summed E-state index contributed by atoms with van der Waals surface area (Å²) in [5, 5.41) is 111. The lowest BCUT2D eigenvalue weighted by Gasteiger charge is -2.39. The molecule has 5 rings (SSSR count). The molecule has 0 radical (unpaired) electrons. The van der Waals surface area contributed by atoms with Crippen molar-refractivity contribution in [3.8, 4) is 40.1 Å². The lowest BCUT2D eigenvalue weighted by Crippen LogP contribution is -2.60.